The summed E-state index contributed by atoms with van der Waals surface area (Å²) in [6, 6.07) is 12.4. The first-order valence-electron chi connectivity index (χ1n) is 11.0. The topological polar surface area (TPSA) is 112 Å². The largest absolute Gasteiger partial charge is 0.380 e. The minimum absolute atomic E-state index is 0.0138. The highest BCUT2D eigenvalue weighted by atomic mass is 16.3. The van der Waals surface area contributed by atoms with Gasteiger partial charge in [-0.15, -0.1) is 0 Å². The summed E-state index contributed by atoms with van der Waals surface area (Å²) in [4.78, 5) is 39.1. The quantitative estimate of drug-likeness (QED) is 0.635. The molecule has 1 aromatic heterocycles. The Kier molecular flexibility index (Phi) is 6.17. The van der Waals surface area contributed by atoms with Crippen LogP contribution in [-0.2, 0) is 16.1 Å². The van der Waals surface area contributed by atoms with E-state index in [1.54, 1.807) is 17.6 Å². The van der Waals surface area contributed by atoms with Crippen molar-refractivity contribution >= 4 is 11.8 Å². The first-order valence-corrected chi connectivity index (χ1v) is 11.0. The van der Waals surface area contributed by atoms with Gasteiger partial charge in [-0.05, 0) is 37.8 Å². The van der Waals surface area contributed by atoms with Crippen LogP contribution < -0.4 is 10.9 Å². The zero-order valence-corrected chi connectivity index (χ0v) is 18.3. The van der Waals surface area contributed by atoms with Gasteiger partial charge in [0.15, 0.2) is 12.2 Å². The summed E-state index contributed by atoms with van der Waals surface area (Å²) in [6.07, 6.45) is -2.86. The molecule has 8 nitrogen and oxygen atoms in total. The maximum absolute atomic E-state index is 12.9. The van der Waals surface area contributed by atoms with Crippen molar-refractivity contribution in [3.8, 4) is 0 Å². The summed E-state index contributed by atoms with van der Waals surface area (Å²) in [6.45, 7) is 4.97. The molecule has 2 aliphatic heterocycles. The first-order chi connectivity index (χ1) is 15.2. The smallest absolute Gasteiger partial charge is 0.254 e. The highest BCUT2D eigenvalue weighted by molar-refractivity contribution is 5.91. The number of aliphatic hydroxyl groups is 2. The monoisotopic (exact) mass is 439 g/mol. The average Bonchev–Trinajstić information content (AvgIpc) is 2.78. The van der Waals surface area contributed by atoms with Crippen molar-refractivity contribution in [2.24, 2.45) is 5.92 Å². The standard InChI is InChI=1S/C24H29N3O5/c1-14-6-8-17(9-7-14)15(2)25-23(31)21(29)22(30)24(32)26-11-16-10-18(13-26)19-4-3-5-20(28)27(19)12-16/h3-9,15-16,18,21-22,29-30H,10-13H2,1-2H3,(H,25,31)/t15-,16-,18+,21-,22-/m1/s1. The number of benzene rings is 1. The average molecular weight is 440 g/mol. The third-order valence-corrected chi connectivity index (χ3v) is 6.55. The number of rotatable bonds is 5. The summed E-state index contributed by atoms with van der Waals surface area (Å²) >= 11 is 0. The second kappa shape index (κ2) is 8.88. The molecule has 0 saturated carbocycles. The van der Waals surface area contributed by atoms with Gasteiger partial charge >= 0.3 is 0 Å². The van der Waals surface area contributed by atoms with Gasteiger partial charge in [0.05, 0.1) is 6.04 Å². The van der Waals surface area contributed by atoms with Crippen molar-refractivity contribution in [1.29, 1.82) is 0 Å². The minimum Gasteiger partial charge on any atom is -0.380 e. The van der Waals surface area contributed by atoms with Crippen molar-refractivity contribution in [2.75, 3.05) is 13.1 Å². The van der Waals surface area contributed by atoms with Crippen molar-refractivity contribution in [1.82, 2.24) is 14.8 Å². The molecule has 1 fully saturated rings. The van der Waals surface area contributed by atoms with Gasteiger partial charge in [-0.1, -0.05) is 35.9 Å². The van der Waals surface area contributed by atoms with Crippen molar-refractivity contribution in [2.45, 2.75) is 51.0 Å². The van der Waals surface area contributed by atoms with Crippen molar-refractivity contribution in [3.05, 3.63) is 69.6 Å². The lowest BCUT2D eigenvalue weighted by molar-refractivity contribution is -0.155. The molecule has 1 aromatic carbocycles. The van der Waals surface area contributed by atoms with Gasteiger partial charge < -0.3 is 25.0 Å². The fourth-order valence-corrected chi connectivity index (χ4v) is 4.78. The molecule has 1 saturated heterocycles. The van der Waals surface area contributed by atoms with Gasteiger partial charge in [0.25, 0.3) is 17.4 Å². The predicted molar refractivity (Wildman–Crippen MR) is 118 cm³/mol. The lowest BCUT2D eigenvalue weighted by Gasteiger charge is -2.43. The Balaban J connectivity index is 1.40. The molecule has 2 aromatic rings. The number of pyridine rings is 1. The molecule has 2 aliphatic rings. The van der Waals surface area contributed by atoms with Crippen LogP contribution in [-0.4, -0.2) is 56.8 Å². The number of piperidine rings is 1. The zero-order valence-electron chi connectivity index (χ0n) is 18.3. The molecule has 170 valence electrons. The van der Waals surface area contributed by atoms with E-state index in [-0.39, 0.29) is 23.4 Å². The molecule has 0 aliphatic carbocycles. The molecule has 8 heteroatoms. The third kappa shape index (κ3) is 4.33. The van der Waals surface area contributed by atoms with Crippen molar-refractivity contribution in [3.63, 3.8) is 0 Å². The van der Waals surface area contributed by atoms with Crippen LogP contribution in [0, 0.1) is 12.8 Å². The van der Waals surface area contributed by atoms with Crippen LogP contribution in [0.3, 0.4) is 0 Å². The Bertz CT molecular complexity index is 1060. The normalized spacial score (nSPS) is 22.4. The predicted octanol–water partition coefficient (Wildman–Crippen LogP) is 0.702. The third-order valence-electron chi connectivity index (χ3n) is 6.55. The Morgan fingerprint density at radius 1 is 1.03 bits per heavy atom. The Morgan fingerprint density at radius 3 is 2.47 bits per heavy atom. The molecule has 3 heterocycles. The van der Waals surface area contributed by atoms with Gasteiger partial charge in [0.2, 0.25) is 0 Å². The van der Waals surface area contributed by atoms with E-state index >= 15 is 0 Å². The molecular weight excluding hydrogens is 410 g/mol. The van der Waals surface area contributed by atoms with E-state index in [9.17, 15) is 24.6 Å². The number of fused-ring (bicyclic) bond motifs is 4. The number of nitrogens with one attached hydrogen (secondary N) is 1. The molecule has 0 unspecified atom stereocenters. The van der Waals surface area contributed by atoms with Crippen LogP contribution in [0.4, 0.5) is 0 Å². The maximum Gasteiger partial charge on any atom is 0.254 e. The highest BCUT2D eigenvalue weighted by Crippen LogP contribution is 2.35. The summed E-state index contributed by atoms with van der Waals surface area (Å²) < 4.78 is 1.76. The molecule has 0 spiro atoms. The Morgan fingerprint density at radius 2 is 1.75 bits per heavy atom. The number of hydrogen-bond donors (Lipinski definition) is 3. The van der Waals surface area contributed by atoms with E-state index in [1.165, 1.54) is 11.0 Å². The number of nitrogens with zero attached hydrogens (tertiary/aromatic N) is 2. The number of carbonyl (C=O) groups is 2. The van der Waals surface area contributed by atoms with E-state index in [4.69, 9.17) is 0 Å². The number of carbonyl (C=O) groups excluding carboxylic acids is 2. The number of likely N-dealkylation sites (tertiary alicyclic amines) is 1. The molecule has 4 rings (SSSR count). The van der Waals surface area contributed by atoms with E-state index in [0.717, 1.165) is 23.2 Å². The minimum atomic E-state index is -1.87. The fourth-order valence-electron chi connectivity index (χ4n) is 4.78. The van der Waals surface area contributed by atoms with Crippen molar-refractivity contribution < 1.29 is 19.8 Å². The lowest BCUT2D eigenvalue weighted by Crippen LogP contribution is -2.55. The Hall–Kier alpha value is -2.97. The molecule has 3 N–H and O–H groups in total. The van der Waals surface area contributed by atoms with E-state index in [2.05, 4.69) is 5.32 Å². The van der Waals surface area contributed by atoms with Crippen LogP contribution in [0.2, 0.25) is 0 Å². The van der Waals surface area contributed by atoms with Gasteiger partial charge in [0, 0.05) is 37.3 Å². The second-order valence-electron chi connectivity index (χ2n) is 8.97. The van der Waals surface area contributed by atoms with E-state index < -0.39 is 24.0 Å². The van der Waals surface area contributed by atoms with Crippen LogP contribution >= 0.6 is 0 Å². The highest BCUT2D eigenvalue weighted by Gasteiger charge is 2.40. The van der Waals surface area contributed by atoms with Gasteiger partial charge in [-0.25, -0.2) is 0 Å². The van der Waals surface area contributed by atoms with Crippen LogP contribution in [0.25, 0.3) is 0 Å². The fraction of sp³-hybridized carbons (Fsp3) is 0.458. The maximum atomic E-state index is 12.9. The molecule has 0 radical (unpaired) electrons. The van der Waals surface area contributed by atoms with E-state index in [0.29, 0.717) is 19.6 Å². The van der Waals surface area contributed by atoms with Crippen LogP contribution in [0.5, 0.6) is 0 Å². The molecule has 2 bridgehead atoms. The number of amides is 2. The summed E-state index contributed by atoms with van der Waals surface area (Å²) in [5.74, 6) is -1.39. The molecule has 5 atom stereocenters. The summed E-state index contributed by atoms with van der Waals surface area (Å²) in [7, 11) is 0. The zero-order chi connectivity index (χ0) is 23.0. The summed E-state index contributed by atoms with van der Waals surface area (Å²) in [5, 5.41) is 23.5. The molecular formula is C24H29N3O5. The second-order valence-corrected chi connectivity index (χ2v) is 8.97. The SMILES string of the molecule is Cc1ccc([C@@H](C)NC(=O)[C@H](O)[C@@H](O)C(=O)N2C[C@H]3C[C@@H](C2)c2cccc(=O)n2C3)cc1. The van der Waals surface area contributed by atoms with Gasteiger partial charge in [0.1, 0.15) is 0 Å². The molecule has 32 heavy (non-hydrogen) atoms. The Labute approximate surface area is 186 Å². The van der Waals surface area contributed by atoms with Gasteiger partial charge in [-0.2, -0.15) is 0 Å². The number of aliphatic hydroxyl groups excluding tert-OH is 2. The van der Waals surface area contributed by atoms with Crippen LogP contribution in [0.1, 0.15) is 42.1 Å². The number of aromatic nitrogens is 1. The van der Waals surface area contributed by atoms with E-state index in [1.807, 2.05) is 37.3 Å². The number of hydrogen-bond acceptors (Lipinski definition) is 5. The molecule has 2 amide bonds. The first kappa shape index (κ1) is 22.2. The lowest BCUT2D eigenvalue weighted by atomic mass is 9.83. The van der Waals surface area contributed by atoms with Crippen LogP contribution in [0.15, 0.2) is 47.3 Å². The van der Waals surface area contributed by atoms with Gasteiger partial charge in [-0.3, -0.25) is 14.4 Å². The summed E-state index contributed by atoms with van der Waals surface area (Å²) in [5.41, 5.74) is 2.78. The number of aryl methyl sites for hydroxylation is 1.